The molecule has 1 N–H and O–H groups in total. The number of hydrogen-bond acceptors (Lipinski definition) is 4. The van der Waals surface area contributed by atoms with E-state index in [4.69, 9.17) is 14.4 Å². The minimum absolute atomic E-state index is 0.0733. The maximum absolute atomic E-state index is 10.5. The predicted molar refractivity (Wildman–Crippen MR) is 50.5 cm³/mol. The quantitative estimate of drug-likeness (QED) is 0.725. The van der Waals surface area contributed by atoms with Crippen molar-refractivity contribution >= 4 is 5.97 Å². The number of aromatic carboxylic acids is 1. The standard InChI is InChI=1S/C10H13NO4/c12-10(13)9-5-8(15-11-9)6-14-4-3-7-1-2-7/h5,7H,1-4,6H2,(H,12,13). The third-order valence-electron chi connectivity index (χ3n) is 2.39. The fourth-order valence-electron chi connectivity index (χ4n) is 1.31. The molecule has 0 aromatic carbocycles. The highest BCUT2D eigenvalue weighted by molar-refractivity contribution is 5.85. The summed E-state index contributed by atoms with van der Waals surface area (Å²) in [5.74, 6) is 0.223. The highest BCUT2D eigenvalue weighted by Crippen LogP contribution is 2.32. The Morgan fingerprint density at radius 2 is 2.47 bits per heavy atom. The van der Waals surface area contributed by atoms with E-state index >= 15 is 0 Å². The highest BCUT2D eigenvalue weighted by Gasteiger charge is 2.20. The lowest BCUT2D eigenvalue weighted by Gasteiger charge is -1.98. The van der Waals surface area contributed by atoms with E-state index in [-0.39, 0.29) is 5.69 Å². The van der Waals surface area contributed by atoms with Crippen molar-refractivity contribution in [3.63, 3.8) is 0 Å². The van der Waals surface area contributed by atoms with Gasteiger partial charge in [-0.25, -0.2) is 4.79 Å². The Kier molecular flexibility index (Phi) is 3.01. The highest BCUT2D eigenvalue weighted by atomic mass is 16.5. The molecule has 5 nitrogen and oxygen atoms in total. The maximum atomic E-state index is 10.5. The van der Waals surface area contributed by atoms with Crippen molar-refractivity contribution in [1.29, 1.82) is 0 Å². The number of carbonyl (C=O) groups is 1. The van der Waals surface area contributed by atoms with Crippen LogP contribution in [-0.4, -0.2) is 22.8 Å². The molecule has 0 aliphatic heterocycles. The van der Waals surface area contributed by atoms with Gasteiger partial charge in [0.1, 0.15) is 6.61 Å². The van der Waals surface area contributed by atoms with Crippen molar-refractivity contribution < 1.29 is 19.2 Å². The van der Waals surface area contributed by atoms with Crippen molar-refractivity contribution in [3.8, 4) is 0 Å². The van der Waals surface area contributed by atoms with E-state index in [9.17, 15) is 4.79 Å². The van der Waals surface area contributed by atoms with Gasteiger partial charge in [0.05, 0.1) is 0 Å². The lowest BCUT2D eigenvalue weighted by Crippen LogP contribution is -1.96. The summed E-state index contributed by atoms with van der Waals surface area (Å²) < 4.78 is 10.1. The van der Waals surface area contributed by atoms with E-state index in [0.29, 0.717) is 19.0 Å². The number of hydrogen-bond donors (Lipinski definition) is 1. The van der Waals surface area contributed by atoms with Gasteiger partial charge in [-0.05, 0) is 12.3 Å². The maximum Gasteiger partial charge on any atom is 0.358 e. The lowest BCUT2D eigenvalue weighted by atomic mass is 10.3. The topological polar surface area (TPSA) is 72.6 Å². The van der Waals surface area contributed by atoms with Crippen LogP contribution in [0.4, 0.5) is 0 Å². The Hall–Kier alpha value is -1.36. The zero-order chi connectivity index (χ0) is 10.7. The summed E-state index contributed by atoms with van der Waals surface area (Å²) >= 11 is 0. The van der Waals surface area contributed by atoms with Gasteiger partial charge in [-0.15, -0.1) is 0 Å². The van der Waals surface area contributed by atoms with Crippen LogP contribution in [0.5, 0.6) is 0 Å². The van der Waals surface area contributed by atoms with Crippen LogP contribution >= 0.6 is 0 Å². The number of ether oxygens (including phenoxy) is 1. The van der Waals surface area contributed by atoms with Crippen molar-refractivity contribution in [2.75, 3.05) is 6.61 Å². The zero-order valence-electron chi connectivity index (χ0n) is 8.31. The summed E-state index contributed by atoms with van der Waals surface area (Å²) in [5.41, 5.74) is -0.0733. The van der Waals surface area contributed by atoms with Crippen molar-refractivity contribution in [2.45, 2.75) is 25.9 Å². The number of aromatic nitrogens is 1. The van der Waals surface area contributed by atoms with Crippen molar-refractivity contribution in [1.82, 2.24) is 5.16 Å². The van der Waals surface area contributed by atoms with Crippen molar-refractivity contribution in [3.05, 3.63) is 17.5 Å². The lowest BCUT2D eigenvalue weighted by molar-refractivity contribution is 0.0684. The molecule has 1 heterocycles. The Morgan fingerprint density at radius 1 is 1.67 bits per heavy atom. The molecule has 0 radical (unpaired) electrons. The molecular weight excluding hydrogens is 198 g/mol. The Bertz CT molecular complexity index is 343. The van der Waals surface area contributed by atoms with Crippen LogP contribution in [0.3, 0.4) is 0 Å². The van der Waals surface area contributed by atoms with E-state index in [1.165, 1.54) is 18.9 Å². The second-order valence-corrected chi connectivity index (χ2v) is 3.77. The van der Waals surface area contributed by atoms with E-state index < -0.39 is 5.97 Å². The first-order valence-corrected chi connectivity index (χ1v) is 5.02. The minimum atomic E-state index is -1.08. The van der Waals surface area contributed by atoms with Gasteiger partial charge in [0.25, 0.3) is 0 Å². The van der Waals surface area contributed by atoms with Gasteiger partial charge >= 0.3 is 5.97 Å². The third-order valence-corrected chi connectivity index (χ3v) is 2.39. The average molecular weight is 211 g/mol. The van der Waals surface area contributed by atoms with Crippen LogP contribution in [0.15, 0.2) is 10.6 Å². The number of nitrogens with zero attached hydrogens (tertiary/aromatic N) is 1. The molecule has 0 atom stereocenters. The van der Waals surface area contributed by atoms with Crippen molar-refractivity contribution in [2.24, 2.45) is 5.92 Å². The number of carboxylic acids is 1. The van der Waals surface area contributed by atoms with Gasteiger partial charge in [0.15, 0.2) is 11.5 Å². The van der Waals surface area contributed by atoms with Crippen LogP contribution in [-0.2, 0) is 11.3 Å². The van der Waals surface area contributed by atoms with E-state index in [2.05, 4.69) is 5.16 Å². The van der Waals surface area contributed by atoms with E-state index in [1.54, 1.807) is 0 Å². The first-order chi connectivity index (χ1) is 7.25. The molecular formula is C10H13NO4. The zero-order valence-corrected chi connectivity index (χ0v) is 8.31. The monoisotopic (exact) mass is 211 g/mol. The molecule has 1 fully saturated rings. The molecule has 1 aliphatic rings. The van der Waals surface area contributed by atoms with Crippen LogP contribution < -0.4 is 0 Å². The summed E-state index contributed by atoms with van der Waals surface area (Å²) in [6.07, 6.45) is 3.71. The Balaban J connectivity index is 1.70. The molecule has 1 aromatic rings. The Morgan fingerprint density at radius 3 is 3.07 bits per heavy atom. The first kappa shape index (κ1) is 10.2. The molecule has 0 amide bonds. The molecule has 82 valence electrons. The Labute approximate surface area is 87.0 Å². The predicted octanol–water partition coefficient (Wildman–Crippen LogP) is 1.69. The van der Waals surface area contributed by atoms with Gasteiger partial charge in [-0.3, -0.25) is 0 Å². The largest absolute Gasteiger partial charge is 0.476 e. The van der Waals surface area contributed by atoms with Crippen LogP contribution in [0.2, 0.25) is 0 Å². The molecule has 1 aliphatic carbocycles. The second-order valence-electron chi connectivity index (χ2n) is 3.77. The van der Waals surface area contributed by atoms with Gasteiger partial charge in [0.2, 0.25) is 0 Å². The average Bonchev–Trinajstić information content (AvgIpc) is 2.90. The number of carboxylic acid groups (broad SMARTS) is 1. The fraction of sp³-hybridized carbons (Fsp3) is 0.600. The molecule has 0 spiro atoms. The molecule has 15 heavy (non-hydrogen) atoms. The van der Waals surface area contributed by atoms with Gasteiger partial charge in [-0.2, -0.15) is 0 Å². The molecule has 1 saturated carbocycles. The smallest absolute Gasteiger partial charge is 0.358 e. The summed E-state index contributed by atoms with van der Waals surface area (Å²) in [6.45, 7) is 1.00. The molecule has 5 heteroatoms. The van der Waals surface area contributed by atoms with E-state index in [1.807, 2.05) is 0 Å². The van der Waals surface area contributed by atoms with Crippen LogP contribution in [0.1, 0.15) is 35.5 Å². The molecule has 2 rings (SSSR count). The number of rotatable bonds is 6. The minimum Gasteiger partial charge on any atom is -0.476 e. The summed E-state index contributed by atoms with van der Waals surface area (Å²) in [7, 11) is 0. The van der Waals surface area contributed by atoms with Gasteiger partial charge < -0.3 is 14.4 Å². The van der Waals surface area contributed by atoms with Gasteiger partial charge in [-0.1, -0.05) is 18.0 Å². The van der Waals surface area contributed by atoms with Crippen LogP contribution in [0, 0.1) is 5.92 Å². The second kappa shape index (κ2) is 4.44. The first-order valence-electron chi connectivity index (χ1n) is 5.02. The summed E-state index contributed by atoms with van der Waals surface area (Å²) in [4.78, 5) is 10.5. The van der Waals surface area contributed by atoms with E-state index in [0.717, 1.165) is 12.3 Å². The van der Waals surface area contributed by atoms with Gasteiger partial charge in [0, 0.05) is 12.7 Å². The SMILES string of the molecule is O=C(O)c1cc(COCCC2CC2)on1. The summed E-state index contributed by atoms with van der Waals surface area (Å²) in [6, 6.07) is 1.39. The fourth-order valence-corrected chi connectivity index (χ4v) is 1.31. The molecule has 0 saturated heterocycles. The van der Waals surface area contributed by atoms with Crippen LogP contribution in [0.25, 0.3) is 0 Å². The molecule has 1 aromatic heterocycles. The normalized spacial score (nSPS) is 15.5. The molecule has 0 bridgehead atoms. The third kappa shape index (κ3) is 3.06. The summed E-state index contributed by atoms with van der Waals surface area (Å²) in [5, 5.41) is 12.0. The molecule has 0 unspecified atom stereocenters.